The maximum Gasteiger partial charge on any atom is 0.202 e. The van der Waals surface area contributed by atoms with Crippen LogP contribution in [-0.4, -0.2) is 22.9 Å². The Hall–Kier alpha value is -2.95. The van der Waals surface area contributed by atoms with Crippen molar-refractivity contribution < 1.29 is 9.53 Å². The molecule has 110 valence electrons. The second kappa shape index (κ2) is 5.44. The van der Waals surface area contributed by atoms with Crippen molar-refractivity contribution in [2.45, 2.75) is 6.92 Å². The molecule has 0 saturated heterocycles. The summed E-state index contributed by atoms with van der Waals surface area (Å²) in [6.45, 7) is 1.85. The number of ketones is 1. The minimum Gasteiger partial charge on any atom is -0.496 e. The van der Waals surface area contributed by atoms with E-state index in [1.807, 2.05) is 6.92 Å². The zero-order chi connectivity index (χ0) is 15.7. The number of hydrogen-bond donors (Lipinski definition) is 1. The Bertz CT molecular complexity index is 929. The lowest BCUT2D eigenvalue weighted by molar-refractivity contribution is 0.103. The molecule has 1 N–H and O–H groups in total. The van der Waals surface area contributed by atoms with Crippen LogP contribution < -0.4 is 10.2 Å². The third-order valence-electron chi connectivity index (χ3n) is 3.55. The lowest BCUT2D eigenvalue weighted by atomic mass is 10.0. The first-order chi connectivity index (χ1) is 10.6. The second-order valence-corrected chi connectivity index (χ2v) is 4.94. The molecular formula is C17H14N2O3. The van der Waals surface area contributed by atoms with Crippen molar-refractivity contribution in [3.8, 4) is 5.75 Å². The molecule has 5 heteroatoms. The smallest absolute Gasteiger partial charge is 0.202 e. The number of hydrogen-bond acceptors (Lipinski definition) is 4. The van der Waals surface area contributed by atoms with Crippen LogP contribution in [0.5, 0.6) is 5.75 Å². The normalized spacial score (nSPS) is 10.6. The molecule has 1 aromatic carbocycles. The molecule has 0 radical (unpaired) electrons. The van der Waals surface area contributed by atoms with Crippen LogP contribution in [0.25, 0.3) is 11.0 Å². The van der Waals surface area contributed by atoms with Gasteiger partial charge in [0.25, 0.3) is 0 Å². The third kappa shape index (κ3) is 2.26. The zero-order valence-corrected chi connectivity index (χ0v) is 12.2. The highest BCUT2D eigenvalue weighted by atomic mass is 16.5. The van der Waals surface area contributed by atoms with Crippen LogP contribution in [0.3, 0.4) is 0 Å². The van der Waals surface area contributed by atoms with Crippen molar-refractivity contribution in [3.63, 3.8) is 0 Å². The Morgan fingerprint density at radius 3 is 2.82 bits per heavy atom. The van der Waals surface area contributed by atoms with Crippen LogP contribution in [-0.2, 0) is 0 Å². The summed E-state index contributed by atoms with van der Waals surface area (Å²) in [4.78, 5) is 32.0. The van der Waals surface area contributed by atoms with Gasteiger partial charge in [-0.1, -0.05) is 0 Å². The van der Waals surface area contributed by atoms with Crippen LogP contribution in [0, 0.1) is 6.92 Å². The van der Waals surface area contributed by atoms with E-state index in [0.29, 0.717) is 22.3 Å². The van der Waals surface area contributed by atoms with E-state index in [1.165, 1.54) is 6.20 Å². The van der Waals surface area contributed by atoms with Gasteiger partial charge in [0.15, 0.2) is 5.78 Å². The number of aryl methyl sites for hydroxylation is 1. The molecule has 0 atom stereocenters. The van der Waals surface area contributed by atoms with Crippen molar-refractivity contribution in [2.24, 2.45) is 0 Å². The molecular weight excluding hydrogens is 280 g/mol. The van der Waals surface area contributed by atoms with Gasteiger partial charge in [-0.15, -0.1) is 0 Å². The molecule has 0 amide bonds. The molecule has 0 aliphatic carbocycles. The number of methoxy groups -OCH3 is 1. The number of carbonyl (C=O) groups is 1. The second-order valence-electron chi connectivity index (χ2n) is 4.94. The van der Waals surface area contributed by atoms with Gasteiger partial charge in [-0.2, -0.15) is 0 Å². The number of ether oxygens (including phenoxy) is 1. The van der Waals surface area contributed by atoms with Gasteiger partial charge in [0.1, 0.15) is 11.4 Å². The monoisotopic (exact) mass is 294 g/mol. The maximum atomic E-state index is 12.6. The summed E-state index contributed by atoms with van der Waals surface area (Å²) in [6.07, 6.45) is 3.01. The maximum absolute atomic E-state index is 12.6. The van der Waals surface area contributed by atoms with Gasteiger partial charge in [0.05, 0.1) is 18.1 Å². The predicted octanol–water partition coefficient (Wildman–Crippen LogP) is 2.47. The van der Waals surface area contributed by atoms with E-state index in [2.05, 4.69) is 9.97 Å². The van der Waals surface area contributed by atoms with Gasteiger partial charge in [0.2, 0.25) is 5.43 Å². The number of benzene rings is 1. The molecule has 5 nitrogen and oxygen atoms in total. The average molecular weight is 294 g/mol. The average Bonchev–Trinajstić information content (AvgIpc) is 2.55. The molecule has 0 bridgehead atoms. The first-order valence-electron chi connectivity index (χ1n) is 6.77. The fourth-order valence-corrected chi connectivity index (χ4v) is 2.40. The molecule has 0 fully saturated rings. The number of nitrogens with zero attached hydrogens (tertiary/aromatic N) is 1. The van der Waals surface area contributed by atoms with Crippen molar-refractivity contribution in [1.82, 2.24) is 9.97 Å². The number of carbonyl (C=O) groups excluding carboxylic acids is 1. The van der Waals surface area contributed by atoms with Gasteiger partial charge in [-0.25, -0.2) is 4.98 Å². The molecule has 2 aromatic heterocycles. The van der Waals surface area contributed by atoms with Crippen molar-refractivity contribution in [2.75, 3.05) is 7.11 Å². The highest BCUT2D eigenvalue weighted by Gasteiger charge is 2.16. The fraction of sp³-hybridized carbons (Fsp3) is 0.118. The van der Waals surface area contributed by atoms with Gasteiger partial charge in [-0.3, -0.25) is 9.59 Å². The molecule has 0 unspecified atom stereocenters. The molecule has 0 spiro atoms. The largest absolute Gasteiger partial charge is 0.496 e. The van der Waals surface area contributed by atoms with E-state index >= 15 is 0 Å². The molecule has 22 heavy (non-hydrogen) atoms. The van der Waals surface area contributed by atoms with Gasteiger partial charge >= 0.3 is 0 Å². The highest BCUT2D eigenvalue weighted by Crippen LogP contribution is 2.20. The van der Waals surface area contributed by atoms with Crippen LogP contribution in [0.1, 0.15) is 21.5 Å². The van der Waals surface area contributed by atoms with E-state index in [9.17, 15) is 9.59 Å². The summed E-state index contributed by atoms with van der Waals surface area (Å²) >= 11 is 0. The van der Waals surface area contributed by atoms with Crippen LogP contribution >= 0.6 is 0 Å². The SMILES string of the molecule is COc1ccc(C(=O)c2c[nH]c3ncccc3c2=O)cc1C. The van der Waals surface area contributed by atoms with E-state index in [1.54, 1.807) is 43.6 Å². The number of fused-ring (bicyclic) bond motifs is 1. The summed E-state index contributed by atoms with van der Waals surface area (Å²) in [7, 11) is 1.57. The number of H-pyrrole nitrogens is 1. The third-order valence-corrected chi connectivity index (χ3v) is 3.55. The summed E-state index contributed by atoms with van der Waals surface area (Å²) in [6, 6.07) is 8.41. The lowest BCUT2D eigenvalue weighted by Gasteiger charge is -2.07. The Labute approximate surface area is 126 Å². The Morgan fingerprint density at radius 2 is 2.09 bits per heavy atom. The zero-order valence-electron chi connectivity index (χ0n) is 12.2. The van der Waals surface area contributed by atoms with Crippen LogP contribution in [0.15, 0.2) is 47.5 Å². The summed E-state index contributed by atoms with van der Waals surface area (Å²) < 4.78 is 5.18. The molecule has 3 rings (SSSR count). The number of nitrogens with one attached hydrogen (secondary N) is 1. The standard InChI is InChI=1S/C17H14N2O3/c1-10-8-11(5-6-14(10)22-2)15(20)13-9-19-17-12(16(13)21)4-3-7-18-17/h3-9H,1-2H3,(H,18,19,21). The van der Waals surface area contributed by atoms with Crippen LogP contribution in [0.2, 0.25) is 0 Å². The molecule has 0 aliphatic heterocycles. The van der Waals surface area contributed by atoms with E-state index < -0.39 is 0 Å². The fourth-order valence-electron chi connectivity index (χ4n) is 2.40. The Kier molecular flexibility index (Phi) is 3.47. The van der Waals surface area contributed by atoms with Crippen molar-refractivity contribution >= 4 is 16.8 Å². The highest BCUT2D eigenvalue weighted by molar-refractivity contribution is 6.10. The van der Waals surface area contributed by atoms with Crippen molar-refractivity contribution in [3.05, 3.63) is 69.6 Å². The van der Waals surface area contributed by atoms with Gasteiger partial charge < -0.3 is 9.72 Å². The predicted molar refractivity (Wildman–Crippen MR) is 83.5 cm³/mol. The molecule has 0 saturated carbocycles. The van der Waals surface area contributed by atoms with Crippen LogP contribution in [0.4, 0.5) is 0 Å². The summed E-state index contributed by atoms with van der Waals surface area (Å²) in [5.41, 5.74) is 1.54. The van der Waals surface area contributed by atoms with Gasteiger partial charge in [-0.05, 0) is 42.8 Å². The first-order valence-corrected chi connectivity index (χ1v) is 6.77. The quantitative estimate of drug-likeness (QED) is 0.753. The minimum absolute atomic E-state index is 0.102. The Balaban J connectivity index is 2.11. The Morgan fingerprint density at radius 1 is 1.27 bits per heavy atom. The molecule has 3 aromatic rings. The number of pyridine rings is 2. The minimum atomic E-state index is -0.322. The topological polar surface area (TPSA) is 72.1 Å². The van der Waals surface area contributed by atoms with E-state index in [0.717, 1.165) is 5.56 Å². The lowest BCUT2D eigenvalue weighted by Crippen LogP contribution is -2.17. The van der Waals surface area contributed by atoms with Gasteiger partial charge in [0, 0.05) is 18.0 Å². The molecule has 0 aliphatic rings. The summed E-state index contributed by atoms with van der Waals surface area (Å²) in [5, 5.41) is 0.401. The number of aromatic nitrogens is 2. The first kappa shape index (κ1) is 14.0. The number of aromatic amines is 1. The molecule has 2 heterocycles. The van der Waals surface area contributed by atoms with E-state index in [4.69, 9.17) is 4.74 Å². The van der Waals surface area contributed by atoms with E-state index in [-0.39, 0.29) is 16.8 Å². The summed E-state index contributed by atoms with van der Waals surface area (Å²) in [5.74, 6) is 0.380. The number of rotatable bonds is 3. The van der Waals surface area contributed by atoms with Crippen molar-refractivity contribution in [1.29, 1.82) is 0 Å².